The average Bonchev–Trinajstić information content (AvgIpc) is 2.97. The van der Waals surface area contributed by atoms with Crippen LogP contribution in [0.2, 0.25) is 0 Å². The van der Waals surface area contributed by atoms with E-state index in [-0.39, 0.29) is 11.9 Å². The lowest BCUT2D eigenvalue weighted by atomic mass is 9.96. The zero-order valence-corrected chi connectivity index (χ0v) is 12.1. The second-order valence-corrected chi connectivity index (χ2v) is 5.77. The number of fused-ring (bicyclic) bond motifs is 1. The summed E-state index contributed by atoms with van der Waals surface area (Å²) in [5.41, 5.74) is 2.29. The molecule has 1 N–H and O–H groups in total. The molecule has 1 aromatic rings. The standard InChI is InChI=1S/C16H23N3O/c1-18-15-7-3-2-6-13(15)14(12-16(18)20)17-8-11-19-9-4-5-10-19/h2-3,6-7,14,17H,4-5,8-12H2,1H3. The summed E-state index contributed by atoms with van der Waals surface area (Å²) >= 11 is 0. The first-order valence-electron chi connectivity index (χ1n) is 7.57. The van der Waals surface area contributed by atoms with Crippen LogP contribution >= 0.6 is 0 Å². The highest BCUT2D eigenvalue weighted by molar-refractivity contribution is 5.96. The molecule has 2 aliphatic rings. The van der Waals surface area contributed by atoms with Crippen LogP contribution in [-0.2, 0) is 4.79 Å². The van der Waals surface area contributed by atoms with Gasteiger partial charge in [-0.1, -0.05) is 18.2 Å². The van der Waals surface area contributed by atoms with Gasteiger partial charge in [0.2, 0.25) is 5.91 Å². The summed E-state index contributed by atoms with van der Waals surface area (Å²) in [6.07, 6.45) is 3.22. The van der Waals surface area contributed by atoms with E-state index in [0.717, 1.165) is 18.8 Å². The number of nitrogens with zero attached hydrogens (tertiary/aromatic N) is 2. The number of carbonyl (C=O) groups is 1. The lowest BCUT2D eigenvalue weighted by Crippen LogP contribution is -2.40. The third kappa shape index (κ3) is 2.72. The van der Waals surface area contributed by atoms with Gasteiger partial charge in [-0.3, -0.25) is 4.79 Å². The minimum Gasteiger partial charge on any atom is -0.315 e. The first-order chi connectivity index (χ1) is 9.75. The molecule has 1 amide bonds. The highest BCUT2D eigenvalue weighted by Gasteiger charge is 2.28. The minimum absolute atomic E-state index is 0.164. The van der Waals surface area contributed by atoms with Crippen molar-refractivity contribution in [1.82, 2.24) is 10.2 Å². The average molecular weight is 273 g/mol. The maximum absolute atomic E-state index is 12.1. The Morgan fingerprint density at radius 2 is 2.00 bits per heavy atom. The van der Waals surface area contributed by atoms with Crippen LogP contribution in [0.1, 0.15) is 30.9 Å². The number of anilines is 1. The Labute approximate surface area is 120 Å². The zero-order chi connectivity index (χ0) is 13.9. The molecule has 0 bridgehead atoms. The van der Waals surface area contributed by atoms with Crippen molar-refractivity contribution in [1.29, 1.82) is 0 Å². The zero-order valence-electron chi connectivity index (χ0n) is 12.1. The van der Waals surface area contributed by atoms with E-state index < -0.39 is 0 Å². The van der Waals surface area contributed by atoms with Crippen molar-refractivity contribution in [2.24, 2.45) is 0 Å². The van der Waals surface area contributed by atoms with Crippen LogP contribution in [-0.4, -0.2) is 44.0 Å². The molecule has 1 atom stereocenters. The number of nitrogens with one attached hydrogen (secondary N) is 1. The Morgan fingerprint density at radius 3 is 2.80 bits per heavy atom. The first kappa shape index (κ1) is 13.6. The van der Waals surface area contributed by atoms with E-state index >= 15 is 0 Å². The largest absolute Gasteiger partial charge is 0.315 e. The summed E-state index contributed by atoms with van der Waals surface area (Å²) in [6, 6.07) is 8.37. The summed E-state index contributed by atoms with van der Waals surface area (Å²) in [7, 11) is 1.86. The molecule has 0 spiro atoms. The van der Waals surface area contributed by atoms with Gasteiger partial charge >= 0.3 is 0 Å². The van der Waals surface area contributed by atoms with Gasteiger partial charge < -0.3 is 15.1 Å². The van der Waals surface area contributed by atoms with Crippen LogP contribution in [0.25, 0.3) is 0 Å². The second kappa shape index (κ2) is 5.94. The third-order valence-electron chi connectivity index (χ3n) is 4.44. The molecule has 1 fully saturated rings. The lowest BCUT2D eigenvalue weighted by molar-refractivity contribution is -0.119. The van der Waals surface area contributed by atoms with Crippen molar-refractivity contribution in [3.05, 3.63) is 29.8 Å². The molecule has 2 heterocycles. The molecular formula is C16H23N3O. The van der Waals surface area contributed by atoms with Gasteiger partial charge in [0.05, 0.1) is 0 Å². The summed E-state index contributed by atoms with van der Waals surface area (Å²) < 4.78 is 0. The molecule has 3 rings (SSSR count). The number of benzene rings is 1. The monoisotopic (exact) mass is 273 g/mol. The van der Waals surface area contributed by atoms with Gasteiger partial charge in [0.25, 0.3) is 0 Å². The van der Waals surface area contributed by atoms with Crippen LogP contribution in [0.3, 0.4) is 0 Å². The topological polar surface area (TPSA) is 35.6 Å². The van der Waals surface area contributed by atoms with Gasteiger partial charge in [-0.15, -0.1) is 0 Å². The molecule has 0 radical (unpaired) electrons. The Bertz CT molecular complexity index is 482. The maximum atomic E-state index is 12.1. The van der Waals surface area contributed by atoms with Crippen molar-refractivity contribution in [2.75, 3.05) is 38.1 Å². The SMILES string of the molecule is CN1C(=O)CC(NCCN2CCCC2)c2ccccc21. The highest BCUT2D eigenvalue weighted by atomic mass is 16.2. The van der Waals surface area contributed by atoms with Crippen molar-refractivity contribution in [2.45, 2.75) is 25.3 Å². The van der Waals surface area contributed by atoms with Crippen LogP contribution in [0, 0.1) is 0 Å². The summed E-state index contributed by atoms with van der Waals surface area (Å²) in [4.78, 5) is 16.3. The van der Waals surface area contributed by atoms with Crippen LogP contribution in [0.4, 0.5) is 5.69 Å². The molecule has 1 aromatic carbocycles. The van der Waals surface area contributed by atoms with Gasteiger partial charge in [0.1, 0.15) is 0 Å². The van der Waals surface area contributed by atoms with Gasteiger partial charge in [-0.05, 0) is 37.6 Å². The summed E-state index contributed by atoms with van der Waals surface area (Å²) in [5, 5.41) is 3.57. The third-order valence-corrected chi connectivity index (χ3v) is 4.44. The van der Waals surface area contributed by atoms with E-state index in [1.165, 1.54) is 31.5 Å². The molecule has 0 saturated carbocycles. The van der Waals surface area contributed by atoms with Gasteiger partial charge in [0.15, 0.2) is 0 Å². The van der Waals surface area contributed by atoms with Crippen LogP contribution < -0.4 is 10.2 Å². The number of rotatable bonds is 4. The Balaban J connectivity index is 1.64. The van der Waals surface area contributed by atoms with Crippen molar-refractivity contribution in [3.8, 4) is 0 Å². The van der Waals surface area contributed by atoms with Crippen LogP contribution in [0.5, 0.6) is 0 Å². The Hall–Kier alpha value is -1.39. The molecular weight excluding hydrogens is 250 g/mol. The number of likely N-dealkylation sites (tertiary alicyclic amines) is 1. The lowest BCUT2D eigenvalue weighted by Gasteiger charge is -2.32. The number of para-hydroxylation sites is 1. The fraction of sp³-hybridized carbons (Fsp3) is 0.562. The molecule has 20 heavy (non-hydrogen) atoms. The fourth-order valence-corrected chi connectivity index (χ4v) is 3.23. The van der Waals surface area contributed by atoms with E-state index in [2.05, 4.69) is 22.3 Å². The number of hydrogen-bond donors (Lipinski definition) is 1. The summed E-state index contributed by atoms with van der Waals surface area (Å²) in [6.45, 7) is 4.49. The van der Waals surface area contributed by atoms with Crippen molar-refractivity contribution in [3.63, 3.8) is 0 Å². The first-order valence-corrected chi connectivity index (χ1v) is 7.57. The quantitative estimate of drug-likeness (QED) is 0.908. The van der Waals surface area contributed by atoms with E-state index in [0.29, 0.717) is 6.42 Å². The molecule has 0 aromatic heterocycles. The van der Waals surface area contributed by atoms with E-state index in [9.17, 15) is 4.79 Å². The van der Waals surface area contributed by atoms with E-state index in [1.807, 2.05) is 19.2 Å². The number of carbonyl (C=O) groups excluding carboxylic acids is 1. The Kier molecular flexibility index (Phi) is 4.03. The molecule has 108 valence electrons. The highest BCUT2D eigenvalue weighted by Crippen LogP contribution is 2.33. The van der Waals surface area contributed by atoms with Crippen LogP contribution in [0.15, 0.2) is 24.3 Å². The predicted octanol–water partition coefficient (Wildman–Crippen LogP) is 1.78. The molecule has 4 nitrogen and oxygen atoms in total. The van der Waals surface area contributed by atoms with Crippen molar-refractivity contribution < 1.29 is 4.79 Å². The van der Waals surface area contributed by atoms with Crippen molar-refractivity contribution >= 4 is 11.6 Å². The normalized spacial score (nSPS) is 23.1. The maximum Gasteiger partial charge on any atom is 0.228 e. The predicted molar refractivity (Wildman–Crippen MR) is 80.9 cm³/mol. The van der Waals surface area contributed by atoms with Gasteiger partial charge in [0, 0.05) is 38.3 Å². The Morgan fingerprint density at radius 1 is 1.25 bits per heavy atom. The van der Waals surface area contributed by atoms with E-state index in [1.54, 1.807) is 4.90 Å². The smallest absolute Gasteiger partial charge is 0.228 e. The molecule has 4 heteroatoms. The van der Waals surface area contributed by atoms with Gasteiger partial charge in [-0.2, -0.15) is 0 Å². The molecule has 1 saturated heterocycles. The molecule has 2 aliphatic heterocycles. The fourth-order valence-electron chi connectivity index (χ4n) is 3.23. The molecule has 1 unspecified atom stereocenters. The minimum atomic E-state index is 0.164. The number of hydrogen-bond acceptors (Lipinski definition) is 3. The number of amides is 1. The molecule has 0 aliphatic carbocycles. The van der Waals surface area contributed by atoms with E-state index in [4.69, 9.17) is 0 Å². The summed E-state index contributed by atoms with van der Waals surface area (Å²) in [5.74, 6) is 0.197. The second-order valence-electron chi connectivity index (χ2n) is 5.77. The van der Waals surface area contributed by atoms with Gasteiger partial charge in [-0.25, -0.2) is 0 Å².